The Morgan fingerprint density at radius 1 is 0.737 bits per heavy atom. The number of guanidine groups is 2. The molecule has 2 saturated carbocycles. The van der Waals surface area contributed by atoms with Crippen molar-refractivity contribution >= 4 is 56.2 Å². The molecule has 2 aliphatic rings. The van der Waals surface area contributed by atoms with Gasteiger partial charge in [0.1, 0.15) is 11.4 Å². The second-order valence-electron chi connectivity index (χ2n) is 10.0. The Bertz CT molecular complexity index is 1310. The molecule has 0 aliphatic heterocycles. The fourth-order valence-electron chi connectivity index (χ4n) is 5.51. The fraction of sp³-hybridized carbons (Fsp3) is 0.500. The monoisotopic (exact) mass is 556 g/mol. The predicted octanol–water partition coefficient (Wildman–Crippen LogP) is 2.28. The molecule has 0 saturated heterocycles. The predicted molar refractivity (Wildman–Crippen MR) is 154 cm³/mol. The standard InChI is InChI=1S/C24H32N10O2S2/c25-21(26)33-23-31-15(9-37-23)11-3-1-5-13(7-11)29-17-18(20(36)19(17)35)30-14-6-2-4-12(8-14)16-10-38-24(32-16)34-22(27)28/h9-14,29-30H,1-8H2,(H4,25,26,31,33)(H4,27,28,32,34). The van der Waals surface area contributed by atoms with Crippen molar-refractivity contribution in [3.05, 3.63) is 42.6 Å². The third-order valence-electron chi connectivity index (χ3n) is 7.26. The van der Waals surface area contributed by atoms with Gasteiger partial charge >= 0.3 is 0 Å². The summed E-state index contributed by atoms with van der Waals surface area (Å²) in [6.45, 7) is 0. The van der Waals surface area contributed by atoms with Crippen molar-refractivity contribution in [3.8, 4) is 0 Å². The average Bonchev–Trinajstić information content (AvgIpc) is 3.55. The van der Waals surface area contributed by atoms with E-state index in [1.807, 2.05) is 10.8 Å². The number of hydrogen-bond acceptors (Lipinski definition) is 10. The highest BCUT2D eigenvalue weighted by atomic mass is 32.1. The van der Waals surface area contributed by atoms with Gasteiger partial charge in [0.2, 0.25) is 10.3 Å². The quantitative estimate of drug-likeness (QED) is 0.135. The van der Waals surface area contributed by atoms with Gasteiger partial charge in [-0.05, 0) is 38.5 Å². The van der Waals surface area contributed by atoms with Gasteiger partial charge in [-0.3, -0.25) is 9.59 Å². The van der Waals surface area contributed by atoms with E-state index in [0.717, 1.165) is 62.8 Å². The third kappa shape index (κ3) is 5.80. The number of aliphatic imine (C=N–C) groups is 2. The highest BCUT2D eigenvalue weighted by molar-refractivity contribution is 7.13. The molecule has 0 radical (unpaired) electrons. The van der Waals surface area contributed by atoms with Gasteiger partial charge in [-0.2, -0.15) is 9.98 Å². The first-order valence-electron chi connectivity index (χ1n) is 12.7. The molecule has 4 atom stereocenters. The van der Waals surface area contributed by atoms with Gasteiger partial charge in [0.15, 0.2) is 11.9 Å². The number of rotatable bonds is 8. The Kier molecular flexibility index (Phi) is 7.61. The molecule has 2 aromatic heterocycles. The van der Waals surface area contributed by atoms with E-state index in [1.165, 1.54) is 22.7 Å². The molecule has 1 aromatic carbocycles. The molecular weight excluding hydrogens is 524 g/mol. The number of nitrogens with one attached hydrogen (secondary N) is 2. The third-order valence-corrected chi connectivity index (χ3v) is 8.77. The minimum absolute atomic E-state index is 0.0132. The van der Waals surface area contributed by atoms with Crippen LogP contribution in [0, 0.1) is 0 Å². The van der Waals surface area contributed by atoms with Crippen LogP contribution in [0.3, 0.4) is 0 Å². The number of nitrogens with two attached hydrogens (primary N) is 4. The Hall–Kier alpha value is -3.52. The van der Waals surface area contributed by atoms with E-state index in [0.29, 0.717) is 21.6 Å². The largest absolute Gasteiger partial charge is 0.377 e. The van der Waals surface area contributed by atoms with E-state index in [1.54, 1.807) is 0 Å². The van der Waals surface area contributed by atoms with E-state index in [2.05, 4.69) is 30.6 Å². The molecule has 0 bridgehead atoms. The zero-order chi connectivity index (χ0) is 26.8. The summed E-state index contributed by atoms with van der Waals surface area (Å²) in [6, 6.07) is 0.155. The van der Waals surface area contributed by atoms with Gasteiger partial charge in [-0.1, -0.05) is 12.8 Å². The van der Waals surface area contributed by atoms with Crippen LogP contribution in [-0.2, 0) is 0 Å². The Morgan fingerprint density at radius 3 is 1.55 bits per heavy atom. The lowest BCUT2D eigenvalue weighted by Crippen LogP contribution is -2.42. The molecule has 10 N–H and O–H groups in total. The zero-order valence-corrected chi connectivity index (χ0v) is 22.5. The van der Waals surface area contributed by atoms with Crippen LogP contribution >= 0.6 is 22.7 Å². The molecule has 38 heavy (non-hydrogen) atoms. The van der Waals surface area contributed by atoms with Crippen molar-refractivity contribution in [2.75, 3.05) is 10.6 Å². The Balaban J connectivity index is 1.22. The smallest absolute Gasteiger partial charge is 0.253 e. The van der Waals surface area contributed by atoms with Crippen LogP contribution in [0.25, 0.3) is 0 Å². The first-order chi connectivity index (χ1) is 18.3. The summed E-state index contributed by atoms with van der Waals surface area (Å²) in [5.41, 5.74) is 23.7. The fourth-order valence-corrected chi connectivity index (χ4v) is 7.08. The maximum absolute atomic E-state index is 12.5. The molecule has 3 aromatic rings. The molecule has 2 aliphatic carbocycles. The second kappa shape index (κ2) is 11.1. The molecule has 4 unspecified atom stereocenters. The van der Waals surface area contributed by atoms with Gasteiger partial charge in [0.05, 0.1) is 11.4 Å². The molecular formula is C24H32N10O2S2. The van der Waals surface area contributed by atoms with Crippen molar-refractivity contribution in [3.63, 3.8) is 0 Å². The van der Waals surface area contributed by atoms with E-state index >= 15 is 0 Å². The molecule has 0 amide bonds. The molecule has 2 heterocycles. The summed E-state index contributed by atoms with van der Waals surface area (Å²) in [4.78, 5) is 42.2. The van der Waals surface area contributed by atoms with Crippen LogP contribution in [0.5, 0.6) is 0 Å². The van der Waals surface area contributed by atoms with Crippen molar-refractivity contribution in [2.24, 2.45) is 32.9 Å². The summed E-state index contributed by atoms with van der Waals surface area (Å²) in [5.74, 6) is 0.454. The Labute approximate surface area is 227 Å². The first-order valence-corrected chi connectivity index (χ1v) is 14.5. The van der Waals surface area contributed by atoms with E-state index in [-0.39, 0.29) is 35.8 Å². The van der Waals surface area contributed by atoms with Crippen LogP contribution in [0.2, 0.25) is 0 Å². The lowest BCUT2D eigenvalue weighted by atomic mass is 9.83. The topological polar surface area (TPSA) is 213 Å². The van der Waals surface area contributed by atoms with Crippen molar-refractivity contribution in [2.45, 2.75) is 75.3 Å². The lowest BCUT2D eigenvalue weighted by molar-refractivity contribution is 0.403. The molecule has 5 rings (SSSR count). The minimum atomic E-state index is -0.452. The molecule has 202 valence electrons. The van der Waals surface area contributed by atoms with Gasteiger partial charge < -0.3 is 33.6 Å². The second-order valence-corrected chi connectivity index (χ2v) is 11.7. The maximum Gasteiger partial charge on any atom is 0.253 e. The van der Waals surface area contributed by atoms with Crippen molar-refractivity contribution in [1.29, 1.82) is 0 Å². The van der Waals surface area contributed by atoms with Crippen molar-refractivity contribution in [1.82, 2.24) is 9.97 Å². The van der Waals surface area contributed by atoms with E-state index in [4.69, 9.17) is 22.9 Å². The summed E-state index contributed by atoms with van der Waals surface area (Å²) in [6.07, 6.45) is 7.48. The number of thiazole rings is 2. The van der Waals surface area contributed by atoms with Crippen molar-refractivity contribution < 1.29 is 0 Å². The highest BCUT2D eigenvalue weighted by Crippen LogP contribution is 2.38. The lowest BCUT2D eigenvalue weighted by Gasteiger charge is -2.33. The number of anilines is 2. The summed E-state index contributed by atoms with van der Waals surface area (Å²) in [7, 11) is 0. The van der Waals surface area contributed by atoms with Crippen LogP contribution in [-0.4, -0.2) is 34.0 Å². The van der Waals surface area contributed by atoms with E-state index in [9.17, 15) is 9.59 Å². The summed E-state index contributed by atoms with van der Waals surface area (Å²) >= 11 is 2.81. The zero-order valence-electron chi connectivity index (χ0n) is 20.9. The number of aromatic nitrogens is 2. The van der Waals surface area contributed by atoms with Gasteiger partial charge in [0, 0.05) is 34.7 Å². The molecule has 0 spiro atoms. The van der Waals surface area contributed by atoms with Gasteiger partial charge in [-0.25, -0.2) is 9.97 Å². The van der Waals surface area contributed by atoms with Crippen LogP contribution < -0.4 is 44.4 Å². The molecule has 14 heteroatoms. The Morgan fingerprint density at radius 2 is 1.16 bits per heavy atom. The van der Waals surface area contributed by atoms with Crippen LogP contribution in [0.4, 0.5) is 21.6 Å². The number of nitrogens with zero attached hydrogens (tertiary/aromatic N) is 4. The molecule has 2 fully saturated rings. The summed E-state index contributed by atoms with van der Waals surface area (Å²) in [5, 5.41) is 11.8. The highest BCUT2D eigenvalue weighted by Gasteiger charge is 2.31. The number of hydrogen-bond donors (Lipinski definition) is 6. The molecule has 12 nitrogen and oxygen atoms in total. The minimum Gasteiger partial charge on any atom is -0.377 e. The first kappa shape index (κ1) is 26.1. The van der Waals surface area contributed by atoms with Crippen LogP contribution in [0.15, 0.2) is 30.3 Å². The maximum atomic E-state index is 12.5. The van der Waals surface area contributed by atoms with Gasteiger partial charge in [0.25, 0.3) is 10.9 Å². The summed E-state index contributed by atoms with van der Waals surface area (Å²) < 4.78 is 0. The van der Waals surface area contributed by atoms with Crippen LogP contribution in [0.1, 0.15) is 74.6 Å². The average molecular weight is 557 g/mol. The van der Waals surface area contributed by atoms with Gasteiger partial charge in [-0.15, -0.1) is 22.7 Å². The van der Waals surface area contributed by atoms with E-state index < -0.39 is 10.9 Å². The SMILES string of the molecule is NC(N)=Nc1nc(C2CCCC(Nc3c(NC4CCCC(c5csc(N=C(N)N)n5)C4)c(=O)c3=O)C2)cs1. The normalized spacial score (nSPS) is 23.6.